The number of ether oxygens (including phenoxy) is 2. The Morgan fingerprint density at radius 2 is 1.97 bits per heavy atom. The number of halogens is 2. The number of piperidine rings is 1. The number of methoxy groups -OCH3 is 1. The number of rotatable bonds is 2. The molecule has 29 heavy (non-hydrogen) atoms. The van der Waals surface area contributed by atoms with Crippen LogP contribution >= 0.6 is 0 Å². The molecule has 3 aliphatic heterocycles. The van der Waals surface area contributed by atoms with Crippen molar-refractivity contribution < 1.29 is 23.0 Å². The van der Waals surface area contributed by atoms with E-state index in [-0.39, 0.29) is 29.2 Å². The molecule has 1 aromatic carbocycles. The molecule has 0 aromatic heterocycles. The van der Waals surface area contributed by atoms with Crippen molar-refractivity contribution in [3.8, 4) is 0 Å². The van der Waals surface area contributed by atoms with Crippen LogP contribution in [0.5, 0.6) is 0 Å². The Balaban J connectivity index is 1.35. The lowest BCUT2D eigenvalue weighted by molar-refractivity contribution is -0.0500. The van der Waals surface area contributed by atoms with Crippen LogP contribution in [0.15, 0.2) is 18.2 Å². The Morgan fingerprint density at radius 3 is 2.66 bits per heavy atom. The van der Waals surface area contributed by atoms with Crippen LogP contribution in [0.25, 0.3) is 0 Å². The van der Waals surface area contributed by atoms with Gasteiger partial charge in [0.05, 0.1) is 13.7 Å². The van der Waals surface area contributed by atoms with Crippen LogP contribution in [0.2, 0.25) is 0 Å². The maximum atomic E-state index is 14.1. The van der Waals surface area contributed by atoms with E-state index in [4.69, 9.17) is 15.2 Å². The minimum Gasteiger partial charge on any atom is -0.453 e. The normalized spacial score (nSPS) is 29.9. The predicted molar refractivity (Wildman–Crippen MR) is 103 cm³/mol. The third-order valence-electron chi connectivity index (χ3n) is 6.91. The second kappa shape index (κ2) is 8.16. The van der Waals surface area contributed by atoms with Crippen LogP contribution in [0, 0.1) is 17.0 Å². The first kappa shape index (κ1) is 20.5. The molecule has 1 amide bonds. The SMILES string of the molecule is COC(=O)N1CCC2(CC1)CCN(C1COC(c3cc(F)ccc3F)C(N)C1)C2. The molecule has 2 N–H and O–H groups in total. The standard InChI is InChI=1S/C21H29F2N3O3/c1-28-20(27)25-7-4-21(5-8-25)6-9-26(13-21)15-11-18(24)19(29-12-15)16-10-14(22)2-3-17(16)23/h2-3,10,15,18-19H,4-9,11-13,24H2,1H3. The van der Waals surface area contributed by atoms with Crippen molar-refractivity contribution in [2.45, 2.75) is 43.9 Å². The second-order valence-electron chi connectivity index (χ2n) is 8.65. The number of carbonyl (C=O) groups is 1. The van der Waals surface area contributed by atoms with Gasteiger partial charge in [0.1, 0.15) is 17.7 Å². The molecule has 3 aliphatic rings. The topological polar surface area (TPSA) is 68.0 Å². The molecule has 160 valence electrons. The molecule has 0 aliphatic carbocycles. The van der Waals surface area contributed by atoms with Crippen LogP contribution in [0.4, 0.5) is 13.6 Å². The largest absolute Gasteiger partial charge is 0.453 e. The lowest BCUT2D eigenvalue weighted by atomic mass is 9.78. The summed E-state index contributed by atoms with van der Waals surface area (Å²) < 4.78 is 38.4. The first-order chi connectivity index (χ1) is 13.9. The number of carbonyl (C=O) groups excluding carboxylic acids is 1. The van der Waals surface area contributed by atoms with E-state index in [1.54, 1.807) is 4.90 Å². The number of nitrogens with two attached hydrogens (primary N) is 1. The Kier molecular flexibility index (Phi) is 5.77. The van der Waals surface area contributed by atoms with E-state index in [0.717, 1.165) is 57.6 Å². The molecule has 0 saturated carbocycles. The highest BCUT2D eigenvalue weighted by atomic mass is 19.1. The molecule has 6 nitrogen and oxygen atoms in total. The Bertz CT molecular complexity index is 755. The Hall–Kier alpha value is -1.77. The van der Waals surface area contributed by atoms with Gasteiger partial charge in [-0.2, -0.15) is 0 Å². The quantitative estimate of drug-likeness (QED) is 0.814. The average molecular weight is 409 g/mol. The summed E-state index contributed by atoms with van der Waals surface area (Å²) in [5, 5.41) is 0. The van der Waals surface area contributed by atoms with E-state index < -0.39 is 17.7 Å². The fraction of sp³-hybridized carbons (Fsp3) is 0.667. The molecule has 3 fully saturated rings. The number of amides is 1. The second-order valence-corrected chi connectivity index (χ2v) is 8.65. The summed E-state index contributed by atoms with van der Waals surface area (Å²) in [4.78, 5) is 15.9. The van der Waals surface area contributed by atoms with Crippen molar-refractivity contribution in [2.24, 2.45) is 11.1 Å². The summed E-state index contributed by atoms with van der Waals surface area (Å²) in [6.07, 6.45) is 2.84. The summed E-state index contributed by atoms with van der Waals surface area (Å²) in [5.41, 5.74) is 6.75. The zero-order valence-corrected chi connectivity index (χ0v) is 16.8. The number of hydrogen-bond donors (Lipinski definition) is 1. The molecular formula is C21H29F2N3O3. The molecule has 3 heterocycles. The Morgan fingerprint density at radius 1 is 1.24 bits per heavy atom. The van der Waals surface area contributed by atoms with Gasteiger partial charge in [-0.3, -0.25) is 4.90 Å². The van der Waals surface area contributed by atoms with Crippen molar-refractivity contribution in [3.63, 3.8) is 0 Å². The molecule has 4 rings (SSSR count). The van der Waals surface area contributed by atoms with Gasteiger partial charge in [0.2, 0.25) is 0 Å². The van der Waals surface area contributed by atoms with E-state index in [0.29, 0.717) is 13.0 Å². The van der Waals surface area contributed by atoms with E-state index in [2.05, 4.69) is 4.90 Å². The van der Waals surface area contributed by atoms with E-state index in [1.807, 2.05) is 0 Å². The van der Waals surface area contributed by atoms with Crippen molar-refractivity contribution in [2.75, 3.05) is 39.9 Å². The molecular weight excluding hydrogens is 380 g/mol. The molecule has 3 atom stereocenters. The van der Waals surface area contributed by atoms with Gasteiger partial charge in [-0.1, -0.05) is 0 Å². The number of likely N-dealkylation sites (tertiary alicyclic amines) is 2. The lowest BCUT2D eigenvalue weighted by Gasteiger charge is -2.41. The van der Waals surface area contributed by atoms with Gasteiger partial charge in [0.15, 0.2) is 0 Å². The van der Waals surface area contributed by atoms with Gasteiger partial charge in [-0.15, -0.1) is 0 Å². The van der Waals surface area contributed by atoms with Crippen LogP contribution in [0.1, 0.15) is 37.4 Å². The van der Waals surface area contributed by atoms with Crippen molar-refractivity contribution in [3.05, 3.63) is 35.4 Å². The number of nitrogens with zero attached hydrogens (tertiary/aromatic N) is 2. The van der Waals surface area contributed by atoms with Gasteiger partial charge < -0.3 is 20.1 Å². The minimum absolute atomic E-state index is 0.177. The average Bonchev–Trinajstić information content (AvgIpc) is 3.13. The van der Waals surface area contributed by atoms with Crippen LogP contribution < -0.4 is 5.73 Å². The third kappa shape index (κ3) is 4.11. The van der Waals surface area contributed by atoms with Crippen LogP contribution in [-0.2, 0) is 9.47 Å². The Labute approximate surface area is 169 Å². The van der Waals surface area contributed by atoms with E-state index >= 15 is 0 Å². The van der Waals surface area contributed by atoms with Gasteiger partial charge in [-0.05, 0) is 55.8 Å². The summed E-state index contributed by atoms with van der Waals surface area (Å²) in [7, 11) is 1.42. The van der Waals surface area contributed by atoms with Gasteiger partial charge in [0, 0.05) is 37.3 Å². The summed E-state index contributed by atoms with van der Waals surface area (Å²) in [5.74, 6) is -0.970. The lowest BCUT2D eigenvalue weighted by Crippen LogP contribution is -2.50. The summed E-state index contributed by atoms with van der Waals surface area (Å²) >= 11 is 0. The predicted octanol–water partition coefficient (Wildman–Crippen LogP) is 2.68. The van der Waals surface area contributed by atoms with Gasteiger partial charge >= 0.3 is 6.09 Å². The van der Waals surface area contributed by atoms with Crippen LogP contribution in [0.3, 0.4) is 0 Å². The highest BCUT2D eigenvalue weighted by molar-refractivity contribution is 5.67. The molecule has 1 aromatic rings. The van der Waals surface area contributed by atoms with Crippen molar-refractivity contribution >= 4 is 6.09 Å². The fourth-order valence-corrected chi connectivity index (χ4v) is 5.13. The molecule has 0 radical (unpaired) electrons. The number of hydrogen-bond acceptors (Lipinski definition) is 5. The first-order valence-corrected chi connectivity index (χ1v) is 10.3. The van der Waals surface area contributed by atoms with E-state index in [1.165, 1.54) is 13.2 Å². The summed E-state index contributed by atoms with van der Waals surface area (Å²) in [6.45, 7) is 3.84. The van der Waals surface area contributed by atoms with Crippen molar-refractivity contribution in [1.82, 2.24) is 9.80 Å². The highest BCUT2D eigenvalue weighted by Gasteiger charge is 2.45. The molecule has 0 bridgehead atoms. The monoisotopic (exact) mass is 409 g/mol. The minimum atomic E-state index is -0.623. The zero-order valence-electron chi connectivity index (χ0n) is 16.8. The smallest absolute Gasteiger partial charge is 0.409 e. The van der Waals surface area contributed by atoms with E-state index in [9.17, 15) is 13.6 Å². The molecule has 8 heteroatoms. The van der Waals surface area contributed by atoms with Gasteiger partial charge in [0.25, 0.3) is 0 Å². The van der Waals surface area contributed by atoms with Crippen LogP contribution in [-0.4, -0.2) is 67.9 Å². The fourth-order valence-electron chi connectivity index (χ4n) is 5.13. The highest BCUT2D eigenvalue weighted by Crippen LogP contribution is 2.42. The first-order valence-electron chi connectivity index (χ1n) is 10.3. The zero-order chi connectivity index (χ0) is 20.6. The maximum Gasteiger partial charge on any atom is 0.409 e. The molecule has 3 saturated heterocycles. The van der Waals surface area contributed by atoms with Crippen molar-refractivity contribution in [1.29, 1.82) is 0 Å². The maximum absolute atomic E-state index is 14.1. The number of benzene rings is 1. The third-order valence-corrected chi connectivity index (χ3v) is 6.91. The molecule has 3 unspecified atom stereocenters. The molecule has 1 spiro atoms. The van der Waals surface area contributed by atoms with Gasteiger partial charge in [-0.25, -0.2) is 13.6 Å². The summed E-state index contributed by atoms with van der Waals surface area (Å²) in [6, 6.07) is 3.20.